The molecule has 25 heavy (non-hydrogen) atoms. The van der Waals surface area contributed by atoms with E-state index < -0.39 is 5.92 Å². The lowest BCUT2D eigenvalue weighted by Crippen LogP contribution is -2.28. The van der Waals surface area contributed by atoms with Crippen molar-refractivity contribution in [2.75, 3.05) is 23.4 Å². The van der Waals surface area contributed by atoms with Gasteiger partial charge in [0.15, 0.2) is 0 Å². The maximum atomic E-state index is 12.5. The Balaban J connectivity index is 1.65. The molecule has 130 valence electrons. The summed E-state index contributed by atoms with van der Waals surface area (Å²) in [6.07, 6.45) is 0.175. The average Bonchev–Trinajstić information content (AvgIpc) is 2.99. The van der Waals surface area contributed by atoms with Gasteiger partial charge in [0, 0.05) is 18.7 Å². The number of hydrogen-bond donors (Lipinski definition) is 1. The lowest BCUT2D eigenvalue weighted by atomic mass is 10.1. The molecule has 5 nitrogen and oxygen atoms in total. The molecule has 1 aliphatic heterocycles. The van der Waals surface area contributed by atoms with Crippen molar-refractivity contribution in [2.45, 2.75) is 13.3 Å². The molecule has 3 rings (SSSR count). The summed E-state index contributed by atoms with van der Waals surface area (Å²) in [6.45, 7) is 2.83. The first-order valence-electron chi connectivity index (χ1n) is 8.17. The van der Waals surface area contributed by atoms with Crippen molar-refractivity contribution >= 4 is 34.8 Å². The number of anilines is 2. The van der Waals surface area contributed by atoms with Crippen molar-refractivity contribution in [3.8, 4) is 5.75 Å². The Hall–Kier alpha value is -2.53. The first-order valence-corrected chi connectivity index (χ1v) is 8.55. The van der Waals surface area contributed by atoms with Gasteiger partial charge < -0.3 is 15.0 Å². The van der Waals surface area contributed by atoms with Crippen LogP contribution >= 0.6 is 11.6 Å². The summed E-state index contributed by atoms with van der Waals surface area (Å²) in [4.78, 5) is 26.3. The lowest BCUT2D eigenvalue weighted by molar-refractivity contribution is -0.122. The summed E-state index contributed by atoms with van der Waals surface area (Å²) in [5.41, 5.74) is 1.32. The molecule has 1 atom stereocenters. The minimum Gasteiger partial charge on any atom is -0.494 e. The van der Waals surface area contributed by atoms with E-state index in [1.54, 1.807) is 41.3 Å². The topological polar surface area (TPSA) is 58.6 Å². The summed E-state index contributed by atoms with van der Waals surface area (Å²) < 4.78 is 5.38. The number of ether oxygens (including phenoxy) is 1. The van der Waals surface area contributed by atoms with E-state index in [9.17, 15) is 9.59 Å². The van der Waals surface area contributed by atoms with Gasteiger partial charge in [0.05, 0.1) is 23.2 Å². The molecule has 1 N–H and O–H groups in total. The van der Waals surface area contributed by atoms with Gasteiger partial charge in [-0.3, -0.25) is 9.59 Å². The van der Waals surface area contributed by atoms with E-state index in [0.717, 1.165) is 5.75 Å². The summed E-state index contributed by atoms with van der Waals surface area (Å²) in [5.74, 6) is 0.0730. The molecule has 0 radical (unpaired) electrons. The largest absolute Gasteiger partial charge is 0.494 e. The number of carbonyl (C=O) groups is 2. The third kappa shape index (κ3) is 3.94. The monoisotopic (exact) mass is 358 g/mol. The molecule has 0 aromatic heterocycles. The van der Waals surface area contributed by atoms with Crippen molar-refractivity contribution in [2.24, 2.45) is 5.92 Å². The predicted octanol–water partition coefficient (Wildman–Crippen LogP) is 3.73. The highest BCUT2D eigenvalue weighted by Gasteiger charge is 2.35. The zero-order valence-corrected chi connectivity index (χ0v) is 14.6. The van der Waals surface area contributed by atoms with Crippen molar-refractivity contribution in [3.63, 3.8) is 0 Å². The van der Waals surface area contributed by atoms with E-state index in [1.165, 1.54) is 0 Å². The molecule has 0 saturated carbocycles. The fraction of sp³-hybridized carbons (Fsp3) is 0.263. The number of benzene rings is 2. The third-order valence-electron chi connectivity index (χ3n) is 4.07. The van der Waals surface area contributed by atoms with E-state index >= 15 is 0 Å². The summed E-state index contributed by atoms with van der Waals surface area (Å²) >= 11 is 6.16. The molecule has 1 unspecified atom stereocenters. The Kier molecular flexibility index (Phi) is 5.24. The Morgan fingerprint density at radius 3 is 2.64 bits per heavy atom. The second-order valence-electron chi connectivity index (χ2n) is 5.80. The maximum Gasteiger partial charge on any atom is 0.229 e. The number of amides is 2. The van der Waals surface area contributed by atoms with Gasteiger partial charge in [-0.1, -0.05) is 23.7 Å². The van der Waals surface area contributed by atoms with Gasteiger partial charge in [-0.2, -0.15) is 0 Å². The van der Waals surface area contributed by atoms with Gasteiger partial charge in [0.2, 0.25) is 11.8 Å². The molecule has 1 fully saturated rings. The number of nitrogens with zero attached hydrogens (tertiary/aromatic N) is 1. The number of rotatable bonds is 5. The quantitative estimate of drug-likeness (QED) is 0.886. The second kappa shape index (κ2) is 7.57. The molecule has 2 aromatic rings. The maximum absolute atomic E-state index is 12.5. The average molecular weight is 359 g/mol. The number of halogens is 1. The zero-order valence-electron chi connectivity index (χ0n) is 13.9. The molecular formula is C19H19ClN2O3. The van der Waals surface area contributed by atoms with Gasteiger partial charge in [0.25, 0.3) is 0 Å². The molecule has 0 aliphatic carbocycles. The minimum atomic E-state index is -0.407. The van der Waals surface area contributed by atoms with Crippen LogP contribution in [0.3, 0.4) is 0 Å². The molecule has 0 bridgehead atoms. The van der Waals surface area contributed by atoms with Crippen LogP contribution in [0.2, 0.25) is 5.02 Å². The first-order chi connectivity index (χ1) is 12.1. The summed E-state index contributed by atoms with van der Waals surface area (Å²) in [7, 11) is 0. The van der Waals surface area contributed by atoms with E-state index in [1.807, 2.05) is 19.1 Å². The van der Waals surface area contributed by atoms with Gasteiger partial charge in [-0.25, -0.2) is 0 Å². The predicted molar refractivity (Wildman–Crippen MR) is 98.2 cm³/mol. The van der Waals surface area contributed by atoms with Crippen LogP contribution in [0.4, 0.5) is 11.4 Å². The Morgan fingerprint density at radius 1 is 1.24 bits per heavy atom. The molecule has 1 aliphatic rings. The fourth-order valence-corrected chi connectivity index (χ4v) is 3.07. The molecule has 2 aromatic carbocycles. The number of para-hydroxylation sites is 1. The normalized spacial score (nSPS) is 16.8. The van der Waals surface area contributed by atoms with E-state index in [4.69, 9.17) is 16.3 Å². The smallest absolute Gasteiger partial charge is 0.229 e. The lowest BCUT2D eigenvalue weighted by Gasteiger charge is -2.18. The zero-order chi connectivity index (χ0) is 17.8. The van der Waals surface area contributed by atoms with E-state index in [-0.39, 0.29) is 18.2 Å². The van der Waals surface area contributed by atoms with Gasteiger partial charge in [-0.15, -0.1) is 0 Å². The number of carbonyl (C=O) groups excluding carboxylic acids is 2. The van der Waals surface area contributed by atoms with Crippen LogP contribution in [0.1, 0.15) is 13.3 Å². The van der Waals surface area contributed by atoms with Crippen molar-refractivity contribution in [1.29, 1.82) is 0 Å². The van der Waals surface area contributed by atoms with Crippen molar-refractivity contribution in [1.82, 2.24) is 0 Å². The van der Waals surface area contributed by atoms with E-state index in [2.05, 4.69) is 5.32 Å². The van der Waals surface area contributed by atoms with Crippen LogP contribution < -0.4 is 15.0 Å². The fourth-order valence-electron chi connectivity index (χ4n) is 2.83. The standard InChI is InChI=1S/C19H19ClN2O3/c1-2-25-15-9-7-14(8-10-15)21-19(24)13-11-18(23)22(12-13)17-6-4-3-5-16(17)20/h3-10,13H,2,11-12H2,1H3,(H,21,24). The molecule has 0 spiro atoms. The highest BCUT2D eigenvalue weighted by Crippen LogP contribution is 2.31. The molecule has 1 saturated heterocycles. The Bertz CT molecular complexity index is 776. The summed E-state index contributed by atoms with van der Waals surface area (Å²) in [5, 5.41) is 3.36. The molecule has 6 heteroatoms. The van der Waals surface area contributed by atoms with Crippen LogP contribution in [0.25, 0.3) is 0 Å². The highest BCUT2D eigenvalue weighted by molar-refractivity contribution is 6.33. The van der Waals surface area contributed by atoms with Crippen LogP contribution in [-0.4, -0.2) is 25.0 Å². The minimum absolute atomic E-state index is 0.0973. The SMILES string of the molecule is CCOc1ccc(NC(=O)C2CC(=O)N(c3ccccc3Cl)C2)cc1. The number of hydrogen-bond acceptors (Lipinski definition) is 3. The first kappa shape index (κ1) is 17.3. The van der Waals surface area contributed by atoms with E-state index in [0.29, 0.717) is 29.5 Å². The number of nitrogens with one attached hydrogen (secondary N) is 1. The summed E-state index contributed by atoms with van der Waals surface area (Å²) in [6, 6.07) is 14.3. The van der Waals surface area contributed by atoms with Crippen LogP contribution in [-0.2, 0) is 9.59 Å². The Morgan fingerprint density at radius 2 is 1.96 bits per heavy atom. The van der Waals surface area contributed by atoms with Crippen molar-refractivity contribution < 1.29 is 14.3 Å². The van der Waals surface area contributed by atoms with Crippen LogP contribution in [0.15, 0.2) is 48.5 Å². The molecule has 2 amide bonds. The van der Waals surface area contributed by atoms with Gasteiger partial charge >= 0.3 is 0 Å². The highest BCUT2D eigenvalue weighted by atomic mass is 35.5. The van der Waals surface area contributed by atoms with Crippen LogP contribution in [0, 0.1) is 5.92 Å². The second-order valence-corrected chi connectivity index (χ2v) is 6.21. The Labute approximate surface area is 151 Å². The third-order valence-corrected chi connectivity index (χ3v) is 4.39. The van der Waals surface area contributed by atoms with Crippen LogP contribution in [0.5, 0.6) is 5.75 Å². The van der Waals surface area contributed by atoms with Crippen molar-refractivity contribution in [3.05, 3.63) is 53.6 Å². The van der Waals surface area contributed by atoms with Gasteiger partial charge in [-0.05, 0) is 43.3 Å². The van der Waals surface area contributed by atoms with Gasteiger partial charge in [0.1, 0.15) is 5.75 Å². The molecular weight excluding hydrogens is 340 g/mol. The molecule has 1 heterocycles.